The molecule has 0 aromatic heterocycles. The molecule has 0 radical (unpaired) electrons. The van der Waals surface area contributed by atoms with Gasteiger partial charge in [-0.15, -0.1) is 0 Å². The minimum atomic E-state index is -0.538. The summed E-state index contributed by atoms with van der Waals surface area (Å²) in [5, 5.41) is 4.26. The van der Waals surface area contributed by atoms with Gasteiger partial charge in [-0.1, -0.05) is 86.6 Å². The highest BCUT2D eigenvalue weighted by Gasteiger charge is 2.30. The molecule has 0 bridgehead atoms. The number of nitrogens with zero attached hydrogens (tertiary/aromatic N) is 1. The summed E-state index contributed by atoms with van der Waals surface area (Å²) >= 11 is 12.5. The van der Waals surface area contributed by atoms with Crippen molar-refractivity contribution in [2.45, 2.75) is 90.3 Å². The summed E-state index contributed by atoms with van der Waals surface area (Å²) in [6.45, 7) is 4.36. The molecule has 1 saturated carbocycles. The first kappa shape index (κ1) is 26.6. The van der Waals surface area contributed by atoms with E-state index in [0.717, 1.165) is 43.2 Å². The van der Waals surface area contributed by atoms with E-state index < -0.39 is 6.04 Å². The van der Waals surface area contributed by atoms with Crippen molar-refractivity contribution in [3.05, 3.63) is 69.2 Å². The molecular weight excluding hydrogens is 467 g/mol. The van der Waals surface area contributed by atoms with Gasteiger partial charge < -0.3 is 10.2 Å². The summed E-state index contributed by atoms with van der Waals surface area (Å²) in [7, 11) is 0. The van der Waals surface area contributed by atoms with Crippen LogP contribution in [0.3, 0.4) is 0 Å². The second-order valence-corrected chi connectivity index (χ2v) is 10.0. The molecule has 0 spiro atoms. The summed E-state index contributed by atoms with van der Waals surface area (Å²) < 4.78 is 0. The molecule has 1 fully saturated rings. The Morgan fingerprint density at radius 1 is 1.00 bits per heavy atom. The van der Waals surface area contributed by atoms with Gasteiger partial charge in [0.25, 0.3) is 0 Å². The predicted octanol–water partition coefficient (Wildman–Crippen LogP) is 6.74. The number of hydrogen-bond acceptors (Lipinski definition) is 2. The smallest absolute Gasteiger partial charge is 0.243 e. The summed E-state index contributed by atoms with van der Waals surface area (Å²) in [5.41, 5.74) is 3.19. The van der Waals surface area contributed by atoms with Crippen molar-refractivity contribution < 1.29 is 9.59 Å². The van der Waals surface area contributed by atoms with Gasteiger partial charge in [0.2, 0.25) is 11.8 Å². The fourth-order valence-corrected chi connectivity index (χ4v) is 5.10. The lowest BCUT2D eigenvalue weighted by Crippen LogP contribution is -2.51. The Balaban J connectivity index is 1.77. The number of amides is 2. The topological polar surface area (TPSA) is 49.4 Å². The van der Waals surface area contributed by atoms with Crippen molar-refractivity contribution in [2.75, 3.05) is 0 Å². The van der Waals surface area contributed by atoms with Crippen molar-refractivity contribution >= 4 is 35.0 Å². The van der Waals surface area contributed by atoms with Crippen LogP contribution in [0.25, 0.3) is 0 Å². The van der Waals surface area contributed by atoms with Crippen molar-refractivity contribution in [1.29, 1.82) is 0 Å². The zero-order valence-corrected chi connectivity index (χ0v) is 21.8. The fourth-order valence-electron chi connectivity index (χ4n) is 4.63. The molecule has 2 amide bonds. The van der Waals surface area contributed by atoms with Gasteiger partial charge in [0.05, 0.1) is 0 Å². The molecule has 184 valence electrons. The Bertz CT molecular complexity index is 955. The molecule has 0 aliphatic heterocycles. The van der Waals surface area contributed by atoms with Crippen molar-refractivity contribution in [3.63, 3.8) is 0 Å². The van der Waals surface area contributed by atoms with Crippen LogP contribution in [-0.2, 0) is 29.0 Å². The molecule has 1 aliphatic carbocycles. The number of carbonyl (C=O) groups excluding carboxylic acids is 2. The third-order valence-electron chi connectivity index (χ3n) is 6.75. The highest BCUT2D eigenvalue weighted by molar-refractivity contribution is 6.35. The number of halogens is 2. The Hall–Kier alpha value is -2.04. The average molecular weight is 504 g/mol. The number of aryl methyl sites for hydroxylation is 2. The molecule has 2 aromatic carbocycles. The summed E-state index contributed by atoms with van der Waals surface area (Å²) in [6.07, 6.45) is 8.02. The van der Waals surface area contributed by atoms with Crippen LogP contribution in [0.4, 0.5) is 0 Å². The first-order chi connectivity index (χ1) is 16.4. The average Bonchev–Trinajstić information content (AvgIpc) is 2.84. The summed E-state index contributed by atoms with van der Waals surface area (Å²) in [6, 6.07) is 13.3. The van der Waals surface area contributed by atoms with Crippen molar-refractivity contribution in [3.8, 4) is 0 Å². The van der Waals surface area contributed by atoms with Gasteiger partial charge in [-0.2, -0.15) is 0 Å². The van der Waals surface area contributed by atoms with E-state index in [1.807, 2.05) is 13.0 Å². The van der Waals surface area contributed by atoms with Gasteiger partial charge >= 0.3 is 0 Å². The van der Waals surface area contributed by atoms with Gasteiger partial charge in [0, 0.05) is 29.1 Å². The van der Waals surface area contributed by atoms with E-state index in [1.165, 1.54) is 12.0 Å². The minimum absolute atomic E-state index is 0.0452. The monoisotopic (exact) mass is 502 g/mol. The molecule has 6 heteroatoms. The lowest BCUT2D eigenvalue weighted by Gasteiger charge is -2.33. The van der Waals surface area contributed by atoms with Crippen LogP contribution < -0.4 is 5.32 Å². The zero-order valence-electron chi connectivity index (χ0n) is 20.3. The number of carbonyl (C=O) groups is 2. The highest BCUT2D eigenvalue weighted by Crippen LogP contribution is 2.25. The van der Waals surface area contributed by atoms with Gasteiger partial charge in [-0.25, -0.2) is 0 Å². The highest BCUT2D eigenvalue weighted by atomic mass is 35.5. The van der Waals surface area contributed by atoms with Gasteiger partial charge in [0.1, 0.15) is 6.04 Å². The van der Waals surface area contributed by atoms with Crippen LogP contribution in [-0.4, -0.2) is 28.8 Å². The largest absolute Gasteiger partial charge is 0.352 e. The van der Waals surface area contributed by atoms with E-state index in [1.54, 1.807) is 17.0 Å². The van der Waals surface area contributed by atoms with E-state index in [0.29, 0.717) is 29.3 Å². The van der Waals surface area contributed by atoms with Crippen LogP contribution in [0.5, 0.6) is 0 Å². The van der Waals surface area contributed by atoms with Gasteiger partial charge in [-0.05, 0) is 60.9 Å². The Morgan fingerprint density at radius 2 is 1.68 bits per heavy atom. The van der Waals surface area contributed by atoms with Crippen LogP contribution in [0.15, 0.2) is 42.5 Å². The molecule has 34 heavy (non-hydrogen) atoms. The minimum Gasteiger partial charge on any atom is -0.352 e. The van der Waals surface area contributed by atoms with Gasteiger partial charge in [0.15, 0.2) is 0 Å². The summed E-state index contributed by atoms with van der Waals surface area (Å²) in [5.74, 6) is -0.114. The molecule has 0 heterocycles. The molecule has 1 atom stereocenters. The molecule has 3 rings (SSSR count). The van der Waals surface area contributed by atoms with E-state index >= 15 is 0 Å². The SMILES string of the molecule is CCc1ccc(CCC(=O)N(Cc2ccc(Cl)cc2Cl)C(CC)C(=O)NC2CCCCC2)cc1. The third-order valence-corrected chi connectivity index (χ3v) is 7.34. The lowest BCUT2D eigenvalue weighted by molar-refractivity contribution is -0.141. The quantitative estimate of drug-likeness (QED) is 0.390. The number of hydrogen-bond donors (Lipinski definition) is 1. The van der Waals surface area contributed by atoms with E-state index in [4.69, 9.17) is 23.2 Å². The molecule has 4 nitrogen and oxygen atoms in total. The lowest BCUT2D eigenvalue weighted by atomic mass is 9.95. The Kier molecular flexibility index (Phi) is 10.3. The first-order valence-corrected chi connectivity index (χ1v) is 13.3. The fraction of sp³-hybridized carbons (Fsp3) is 0.500. The number of benzene rings is 2. The second kappa shape index (κ2) is 13.2. The molecule has 0 saturated heterocycles. The van der Waals surface area contributed by atoms with Crippen LogP contribution in [0, 0.1) is 0 Å². The number of rotatable bonds is 10. The maximum absolute atomic E-state index is 13.5. The van der Waals surface area contributed by atoms with Crippen LogP contribution in [0.2, 0.25) is 10.0 Å². The standard InChI is InChI=1S/C28H36Cl2N2O2/c1-3-20-10-12-21(13-11-20)14-17-27(33)32(19-22-15-16-23(29)18-25(22)30)26(4-2)28(34)31-24-8-6-5-7-9-24/h10-13,15-16,18,24,26H,3-9,14,17,19H2,1-2H3,(H,31,34). The Labute approximate surface area is 214 Å². The van der Waals surface area contributed by atoms with E-state index in [9.17, 15) is 9.59 Å². The third kappa shape index (κ3) is 7.48. The second-order valence-electron chi connectivity index (χ2n) is 9.19. The van der Waals surface area contributed by atoms with E-state index in [-0.39, 0.29) is 24.4 Å². The maximum atomic E-state index is 13.5. The zero-order chi connectivity index (χ0) is 24.5. The molecule has 2 aromatic rings. The maximum Gasteiger partial charge on any atom is 0.243 e. The van der Waals surface area contributed by atoms with Crippen LogP contribution in [0.1, 0.15) is 75.5 Å². The predicted molar refractivity (Wildman–Crippen MR) is 140 cm³/mol. The van der Waals surface area contributed by atoms with Crippen LogP contribution >= 0.6 is 23.2 Å². The molecule has 1 aliphatic rings. The Morgan fingerprint density at radius 3 is 2.29 bits per heavy atom. The van der Waals surface area contributed by atoms with Crippen molar-refractivity contribution in [2.24, 2.45) is 0 Å². The normalized spacial score (nSPS) is 15.1. The summed E-state index contributed by atoms with van der Waals surface area (Å²) in [4.78, 5) is 28.5. The van der Waals surface area contributed by atoms with Gasteiger partial charge in [-0.3, -0.25) is 9.59 Å². The van der Waals surface area contributed by atoms with E-state index in [2.05, 4.69) is 36.5 Å². The number of nitrogens with one attached hydrogen (secondary N) is 1. The van der Waals surface area contributed by atoms with Crippen molar-refractivity contribution in [1.82, 2.24) is 10.2 Å². The molecule has 1 unspecified atom stereocenters. The molecule has 1 N–H and O–H groups in total. The molecular formula is C28H36Cl2N2O2. The first-order valence-electron chi connectivity index (χ1n) is 12.5.